The molecule has 0 aliphatic carbocycles. The summed E-state index contributed by atoms with van der Waals surface area (Å²) in [7, 11) is 0. The van der Waals surface area contributed by atoms with Crippen LogP contribution in [0.15, 0.2) is 60.8 Å². The van der Waals surface area contributed by atoms with Crippen LogP contribution in [0.1, 0.15) is 23.1 Å². The summed E-state index contributed by atoms with van der Waals surface area (Å²) in [4.78, 5) is 32.4. The Morgan fingerprint density at radius 3 is 2.46 bits per heavy atom. The molecule has 28 heavy (non-hydrogen) atoms. The van der Waals surface area contributed by atoms with Gasteiger partial charge in [0.25, 0.3) is 0 Å². The molecule has 0 radical (unpaired) electrons. The van der Waals surface area contributed by atoms with Crippen molar-refractivity contribution in [3.63, 3.8) is 0 Å². The molecule has 0 bridgehead atoms. The molecular weight excluding hydrogens is 356 g/mol. The summed E-state index contributed by atoms with van der Waals surface area (Å²) in [6.07, 6.45) is 1.70. The topological polar surface area (TPSA) is 93.2 Å². The van der Waals surface area contributed by atoms with Gasteiger partial charge in [-0.25, -0.2) is 19.6 Å². The number of ether oxygens (including phenoxy) is 1. The van der Waals surface area contributed by atoms with Crippen LogP contribution < -0.4 is 10.6 Å². The molecule has 7 heteroatoms. The van der Waals surface area contributed by atoms with Gasteiger partial charge in [-0.15, -0.1) is 0 Å². The Labute approximate surface area is 162 Å². The summed E-state index contributed by atoms with van der Waals surface area (Å²) in [5.41, 5.74) is 3.29. The van der Waals surface area contributed by atoms with Gasteiger partial charge in [0.1, 0.15) is 5.82 Å². The van der Waals surface area contributed by atoms with E-state index in [4.69, 9.17) is 4.74 Å². The summed E-state index contributed by atoms with van der Waals surface area (Å²) < 4.78 is 4.94. The Balaban J connectivity index is 1.65. The Kier molecular flexibility index (Phi) is 5.96. The number of benzene rings is 2. The lowest BCUT2D eigenvalue weighted by molar-refractivity contribution is 0.0526. The van der Waals surface area contributed by atoms with E-state index < -0.39 is 5.97 Å². The molecule has 142 valence electrons. The van der Waals surface area contributed by atoms with Gasteiger partial charge in [-0.3, -0.25) is 0 Å². The zero-order chi connectivity index (χ0) is 19.9. The second kappa shape index (κ2) is 8.77. The number of nitrogens with zero attached hydrogens (tertiary/aromatic N) is 2. The van der Waals surface area contributed by atoms with Crippen LogP contribution in [0.3, 0.4) is 0 Å². The molecule has 0 saturated heterocycles. The second-order valence-corrected chi connectivity index (χ2v) is 5.95. The first-order chi connectivity index (χ1) is 13.5. The minimum atomic E-state index is -0.393. The largest absolute Gasteiger partial charge is 0.462 e. The van der Waals surface area contributed by atoms with Crippen LogP contribution in [-0.4, -0.2) is 28.6 Å². The number of carbonyl (C=O) groups excluding carboxylic acids is 2. The first-order valence-electron chi connectivity index (χ1n) is 8.80. The molecule has 3 rings (SSSR count). The van der Waals surface area contributed by atoms with E-state index in [9.17, 15) is 9.59 Å². The number of rotatable bonds is 5. The van der Waals surface area contributed by atoms with Crippen molar-refractivity contribution in [1.82, 2.24) is 9.97 Å². The van der Waals surface area contributed by atoms with Crippen LogP contribution in [0.4, 0.5) is 16.2 Å². The molecule has 0 atom stereocenters. The van der Waals surface area contributed by atoms with Gasteiger partial charge in [-0.05, 0) is 56.3 Å². The van der Waals surface area contributed by atoms with Crippen molar-refractivity contribution >= 4 is 23.4 Å². The van der Waals surface area contributed by atoms with Crippen LogP contribution in [0.2, 0.25) is 0 Å². The van der Waals surface area contributed by atoms with Gasteiger partial charge in [0.15, 0.2) is 0 Å². The van der Waals surface area contributed by atoms with Crippen molar-refractivity contribution in [2.45, 2.75) is 13.8 Å². The van der Waals surface area contributed by atoms with Crippen LogP contribution in [0.25, 0.3) is 11.3 Å². The molecule has 2 amide bonds. The summed E-state index contributed by atoms with van der Waals surface area (Å²) in [5.74, 6) is 0.287. The predicted octanol–water partition coefficient (Wildman–Crippen LogP) is 4.27. The highest BCUT2D eigenvalue weighted by Crippen LogP contribution is 2.21. The summed E-state index contributed by atoms with van der Waals surface area (Å²) in [6, 6.07) is 15.3. The van der Waals surface area contributed by atoms with Gasteiger partial charge in [-0.1, -0.05) is 12.1 Å². The van der Waals surface area contributed by atoms with Crippen molar-refractivity contribution in [3.05, 3.63) is 72.2 Å². The maximum absolute atomic E-state index is 12.3. The molecule has 2 N–H and O–H groups in total. The smallest absolute Gasteiger partial charge is 0.338 e. The molecule has 1 heterocycles. The van der Waals surface area contributed by atoms with Gasteiger partial charge in [0, 0.05) is 23.1 Å². The van der Waals surface area contributed by atoms with E-state index >= 15 is 0 Å². The summed E-state index contributed by atoms with van der Waals surface area (Å²) in [5, 5.41) is 5.52. The number of amides is 2. The van der Waals surface area contributed by atoms with E-state index in [0.717, 1.165) is 11.3 Å². The second-order valence-electron chi connectivity index (χ2n) is 5.95. The number of carbonyl (C=O) groups is 2. The maximum atomic E-state index is 12.3. The molecular formula is C21H20N4O3. The molecule has 7 nitrogen and oxygen atoms in total. The van der Waals surface area contributed by atoms with Crippen molar-refractivity contribution in [3.8, 4) is 11.3 Å². The van der Waals surface area contributed by atoms with Crippen molar-refractivity contribution in [1.29, 1.82) is 0 Å². The van der Waals surface area contributed by atoms with E-state index in [2.05, 4.69) is 20.6 Å². The zero-order valence-corrected chi connectivity index (χ0v) is 15.6. The minimum Gasteiger partial charge on any atom is -0.462 e. The van der Waals surface area contributed by atoms with E-state index in [0.29, 0.717) is 29.4 Å². The molecule has 3 aromatic rings. The predicted molar refractivity (Wildman–Crippen MR) is 107 cm³/mol. The Hall–Kier alpha value is -3.74. The Morgan fingerprint density at radius 1 is 1.00 bits per heavy atom. The number of hydrogen-bond donors (Lipinski definition) is 2. The molecule has 0 fully saturated rings. The first-order valence-corrected chi connectivity index (χ1v) is 8.80. The summed E-state index contributed by atoms with van der Waals surface area (Å²) >= 11 is 0. The summed E-state index contributed by atoms with van der Waals surface area (Å²) in [6.45, 7) is 3.89. The highest BCUT2D eigenvalue weighted by molar-refractivity contribution is 6.00. The standard InChI is InChI=1S/C21H20N4O3/c1-3-28-20(26)15-7-9-17(10-8-15)24-21(27)25-18-6-4-5-16(13-18)19-11-12-22-14(2)23-19/h4-13H,3H2,1-2H3,(H2,24,25,27). The van der Waals surface area contributed by atoms with Crippen LogP contribution in [0, 0.1) is 6.92 Å². The van der Waals surface area contributed by atoms with Crippen molar-refractivity contribution in [2.75, 3.05) is 17.2 Å². The van der Waals surface area contributed by atoms with Crippen LogP contribution in [-0.2, 0) is 4.74 Å². The van der Waals surface area contributed by atoms with E-state index in [1.54, 1.807) is 43.5 Å². The zero-order valence-electron chi connectivity index (χ0n) is 15.6. The van der Waals surface area contributed by atoms with Gasteiger partial charge in [-0.2, -0.15) is 0 Å². The quantitative estimate of drug-likeness (QED) is 0.649. The van der Waals surface area contributed by atoms with Crippen molar-refractivity contribution < 1.29 is 14.3 Å². The Bertz CT molecular complexity index is 987. The monoisotopic (exact) mass is 376 g/mol. The number of urea groups is 1. The molecule has 1 aromatic heterocycles. The highest BCUT2D eigenvalue weighted by Gasteiger charge is 2.08. The lowest BCUT2D eigenvalue weighted by Crippen LogP contribution is -2.19. The lowest BCUT2D eigenvalue weighted by atomic mass is 10.1. The van der Waals surface area contributed by atoms with Gasteiger partial charge >= 0.3 is 12.0 Å². The van der Waals surface area contributed by atoms with E-state index in [-0.39, 0.29) is 6.03 Å². The van der Waals surface area contributed by atoms with Gasteiger partial charge in [0.05, 0.1) is 17.9 Å². The number of aromatic nitrogens is 2. The Morgan fingerprint density at radius 2 is 1.75 bits per heavy atom. The fourth-order valence-corrected chi connectivity index (χ4v) is 2.57. The average molecular weight is 376 g/mol. The third-order valence-corrected chi connectivity index (χ3v) is 3.85. The van der Waals surface area contributed by atoms with Crippen LogP contribution >= 0.6 is 0 Å². The number of esters is 1. The van der Waals surface area contributed by atoms with Gasteiger partial charge in [0.2, 0.25) is 0 Å². The van der Waals surface area contributed by atoms with Crippen molar-refractivity contribution in [2.24, 2.45) is 0 Å². The van der Waals surface area contributed by atoms with Crippen LogP contribution in [0.5, 0.6) is 0 Å². The minimum absolute atomic E-state index is 0.314. The third kappa shape index (κ3) is 4.91. The maximum Gasteiger partial charge on any atom is 0.338 e. The number of nitrogens with one attached hydrogen (secondary N) is 2. The first kappa shape index (κ1) is 19.0. The highest BCUT2D eigenvalue weighted by atomic mass is 16.5. The molecule has 0 aliphatic rings. The van der Waals surface area contributed by atoms with E-state index in [1.807, 2.05) is 31.2 Å². The molecule has 0 aliphatic heterocycles. The molecule has 2 aromatic carbocycles. The molecule has 0 saturated carbocycles. The SMILES string of the molecule is CCOC(=O)c1ccc(NC(=O)Nc2cccc(-c3ccnc(C)n3)c2)cc1. The number of hydrogen-bond acceptors (Lipinski definition) is 5. The van der Waals surface area contributed by atoms with E-state index in [1.165, 1.54) is 0 Å². The lowest BCUT2D eigenvalue weighted by Gasteiger charge is -2.10. The average Bonchev–Trinajstić information content (AvgIpc) is 2.69. The normalized spacial score (nSPS) is 10.2. The van der Waals surface area contributed by atoms with Gasteiger partial charge < -0.3 is 15.4 Å². The fourth-order valence-electron chi connectivity index (χ4n) is 2.57. The fraction of sp³-hybridized carbons (Fsp3) is 0.143. The number of anilines is 2. The molecule has 0 unspecified atom stereocenters. The molecule has 0 spiro atoms. The number of aryl methyl sites for hydroxylation is 1. The third-order valence-electron chi connectivity index (χ3n) is 3.85.